The van der Waals surface area contributed by atoms with Gasteiger partial charge in [0, 0.05) is 29.2 Å². The first-order valence-electron chi connectivity index (χ1n) is 4.95. The number of nitrogens with one attached hydrogen (secondary N) is 2. The van der Waals surface area contributed by atoms with Gasteiger partial charge in [-0.3, -0.25) is 0 Å². The van der Waals surface area contributed by atoms with E-state index in [0.29, 0.717) is 0 Å². The fourth-order valence-corrected chi connectivity index (χ4v) is 1.84. The van der Waals surface area contributed by atoms with Crippen LogP contribution in [0.15, 0.2) is 18.2 Å². The summed E-state index contributed by atoms with van der Waals surface area (Å²) in [4.78, 5) is 6.67. The number of hydrogen-bond donors (Lipinski definition) is 2. The maximum absolute atomic E-state index is 3.35. The molecule has 2 heteroatoms. The Bertz CT molecular complexity index is 435. The fourth-order valence-electron chi connectivity index (χ4n) is 1.84. The number of H-pyrrole nitrogens is 2. The van der Waals surface area contributed by atoms with Crippen LogP contribution in [0.2, 0.25) is 0 Å². The first-order chi connectivity index (χ1) is 6.65. The van der Waals surface area contributed by atoms with Crippen LogP contribution in [-0.4, -0.2) is 9.97 Å². The highest BCUT2D eigenvalue weighted by Crippen LogP contribution is 2.14. The molecule has 2 aromatic rings. The zero-order valence-corrected chi connectivity index (χ0v) is 8.94. The van der Waals surface area contributed by atoms with Gasteiger partial charge in [-0.1, -0.05) is 0 Å². The molecule has 74 valence electrons. The average Bonchev–Trinajstić information content (AvgIpc) is 2.61. The van der Waals surface area contributed by atoms with Crippen LogP contribution in [0.5, 0.6) is 0 Å². The van der Waals surface area contributed by atoms with Crippen molar-refractivity contribution in [1.82, 2.24) is 9.97 Å². The van der Waals surface area contributed by atoms with Crippen LogP contribution < -0.4 is 0 Å². The number of rotatable bonds is 2. The molecule has 0 atom stereocenters. The first-order valence-corrected chi connectivity index (χ1v) is 4.95. The Morgan fingerprint density at radius 1 is 1.00 bits per heavy atom. The molecule has 2 heterocycles. The Hall–Kier alpha value is -1.44. The minimum Gasteiger partial charge on any atom is -0.362 e. The molecule has 14 heavy (non-hydrogen) atoms. The van der Waals surface area contributed by atoms with Crippen LogP contribution in [-0.2, 0) is 6.42 Å². The summed E-state index contributed by atoms with van der Waals surface area (Å²) in [5.41, 5.74) is 6.40. The lowest BCUT2D eigenvalue weighted by atomic mass is 10.1. The molecule has 2 nitrogen and oxygen atoms in total. The third-order valence-electron chi connectivity index (χ3n) is 2.53. The highest BCUT2D eigenvalue weighted by molar-refractivity contribution is 5.29. The molecule has 0 unspecified atom stereocenters. The van der Waals surface area contributed by atoms with Gasteiger partial charge in [0.15, 0.2) is 0 Å². The molecule has 0 bridgehead atoms. The second-order valence-electron chi connectivity index (χ2n) is 3.95. The van der Waals surface area contributed by atoms with Crippen LogP contribution >= 0.6 is 0 Å². The van der Waals surface area contributed by atoms with E-state index < -0.39 is 0 Å². The lowest BCUT2D eigenvalue weighted by Gasteiger charge is -1.97. The first kappa shape index (κ1) is 9.13. The van der Waals surface area contributed by atoms with E-state index in [1.54, 1.807) is 0 Å². The predicted molar refractivity (Wildman–Crippen MR) is 58.6 cm³/mol. The smallest absolute Gasteiger partial charge is 0.0194 e. The van der Waals surface area contributed by atoms with E-state index in [4.69, 9.17) is 0 Å². The van der Waals surface area contributed by atoms with Crippen molar-refractivity contribution >= 4 is 0 Å². The molecular formula is C12H16N2. The molecule has 0 saturated heterocycles. The minimum absolute atomic E-state index is 0.990. The standard InChI is InChI=1S/C12H16N2/c1-8-4-5-12(14-8)7-11-6-9(2)13-10(11)3/h4-6,13-14H,7H2,1-3H3. The van der Waals surface area contributed by atoms with Crippen LogP contribution in [0, 0.1) is 20.8 Å². The normalized spacial score (nSPS) is 10.8. The maximum atomic E-state index is 3.35. The van der Waals surface area contributed by atoms with E-state index in [1.807, 2.05) is 0 Å². The van der Waals surface area contributed by atoms with E-state index in [1.165, 1.54) is 28.3 Å². The molecule has 0 radical (unpaired) electrons. The van der Waals surface area contributed by atoms with Crippen molar-refractivity contribution in [3.05, 3.63) is 46.5 Å². The van der Waals surface area contributed by atoms with Gasteiger partial charge in [-0.2, -0.15) is 0 Å². The molecule has 0 fully saturated rings. The summed E-state index contributed by atoms with van der Waals surface area (Å²) in [5, 5.41) is 0. The summed E-state index contributed by atoms with van der Waals surface area (Å²) in [6, 6.07) is 6.48. The molecule has 2 rings (SSSR count). The summed E-state index contributed by atoms with van der Waals surface area (Å²) in [5.74, 6) is 0. The molecule has 0 saturated carbocycles. The molecule has 2 aromatic heterocycles. The van der Waals surface area contributed by atoms with E-state index in [0.717, 1.165) is 6.42 Å². The van der Waals surface area contributed by atoms with Gasteiger partial charge in [0.05, 0.1) is 0 Å². The van der Waals surface area contributed by atoms with Gasteiger partial charge in [-0.15, -0.1) is 0 Å². The lowest BCUT2D eigenvalue weighted by Crippen LogP contribution is -1.88. The number of aryl methyl sites for hydroxylation is 3. The minimum atomic E-state index is 0.990. The van der Waals surface area contributed by atoms with Crippen molar-refractivity contribution in [3.63, 3.8) is 0 Å². The second-order valence-corrected chi connectivity index (χ2v) is 3.95. The quantitative estimate of drug-likeness (QED) is 0.726. The molecule has 0 aromatic carbocycles. The van der Waals surface area contributed by atoms with Gasteiger partial charge in [-0.05, 0) is 44.5 Å². The molecule has 0 spiro atoms. The van der Waals surface area contributed by atoms with Gasteiger partial charge in [0.25, 0.3) is 0 Å². The van der Waals surface area contributed by atoms with Crippen LogP contribution in [0.4, 0.5) is 0 Å². The van der Waals surface area contributed by atoms with Crippen LogP contribution in [0.25, 0.3) is 0 Å². The van der Waals surface area contributed by atoms with Crippen molar-refractivity contribution in [3.8, 4) is 0 Å². The number of hydrogen-bond acceptors (Lipinski definition) is 0. The average molecular weight is 188 g/mol. The topological polar surface area (TPSA) is 31.6 Å². The lowest BCUT2D eigenvalue weighted by molar-refractivity contribution is 1.06. The highest BCUT2D eigenvalue weighted by atomic mass is 14.7. The van der Waals surface area contributed by atoms with Crippen molar-refractivity contribution < 1.29 is 0 Å². The fraction of sp³-hybridized carbons (Fsp3) is 0.333. The van der Waals surface area contributed by atoms with Crippen LogP contribution in [0.3, 0.4) is 0 Å². The van der Waals surface area contributed by atoms with E-state index in [2.05, 4.69) is 48.9 Å². The summed E-state index contributed by atoms with van der Waals surface area (Å²) < 4.78 is 0. The van der Waals surface area contributed by atoms with Gasteiger partial charge >= 0.3 is 0 Å². The zero-order valence-electron chi connectivity index (χ0n) is 8.94. The van der Waals surface area contributed by atoms with E-state index >= 15 is 0 Å². The predicted octanol–water partition coefficient (Wildman–Crippen LogP) is 2.86. The van der Waals surface area contributed by atoms with E-state index in [9.17, 15) is 0 Å². The summed E-state index contributed by atoms with van der Waals surface area (Å²) >= 11 is 0. The van der Waals surface area contributed by atoms with Gasteiger partial charge < -0.3 is 9.97 Å². The number of aromatic amines is 2. The molecular weight excluding hydrogens is 172 g/mol. The monoisotopic (exact) mass is 188 g/mol. The maximum Gasteiger partial charge on any atom is 0.0194 e. The molecule has 0 aliphatic carbocycles. The summed E-state index contributed by atoms with van der Waals surface area (Å²) in [6.45, 7) is 6.30. The Morgan fingerprint density at radius 3 is 2.29 bits per heavy atom. The van der Waals surface area contributed by atoms with Crippen molar-refractivity contribution in [2.75, 3.05) is 0 Å². The van der Waals surface area contributed by atoms with Gasteiger partial charge in [0.2, 0.25) is 0 Å². The van der Waals surface area contributed by atoms with Crippen molar-refractivity contribution in [2.24, 2.45) is 0 Å². The zero-order chi connectivity index (χ0) is 10.1. The molecule has 0 aliphatic heterocycles. The van der Waals surface area contributed by atoms with E-state index in [-0.39, 0.29) is 0 Å². The Morgan fingerprint density at radius 2 is 1.79 bits per heavy atom. The third-order valence-corrected chi connectivity index (χ3v) is 2.53. The highest BCUT2D eigenvalue weighted by Gasteiger charge is 2.03. The van der Waals surface area contributed by atoms with Gasteiger partial charge in [0.1, 0.15) is 0 Å². The van der Waals surface area contributed by atoms with Crippen molar-refractivity contribution in [1.29, 1.82) is 0 Å². The molecule has 0 amide bonds. The van der Waals surface area contributed by atoms with Crippen molar-refractivity contribution in [2.45, 2.75) is 27.2 Å². The second kappa shape index (κ2) is 3.37. The van der Waals surface area contributed by atoms with Crippen LogP contribution in [0.1, 0.15) is 28.3 Å². The molecule has 2 N–H and O–H groups in total. The largest absolute Gasteiger partial charge is 0.362 e. The third kappa shape index (κ3) is 1.74. The Balaban J connectivity index is 2.22. The number of aromatic nitrogens is 2. The summed E-state index contributed by atoms with van der Waals surface area (Å²) in [7, 11) is 0. The Kier molecular flexibility index (Phi) is 2.20. The van der Waals surface area contributed by atoms with Gasteiger partial charge in [-0.25, -0.2) is 0 Å². The summed E-state index contributed by atoms with van der Waals surface area (Å²) in [6.07, 6.45) is 0.990. The SMILES string of the molecule is Cc1ccc(Cc2cc(C)[nH]c2C)[nH]1. The molecule has 0 aliphatic rings. The Labute approximate surface area is 84.4 Å².